The van der Waals surface area contributed by atoms with Gasteiger partial charge in [-0.15, -0.1) is 0 Å². The van der Waals surface area contributed by atoms with Crippen molar-refractivity contribution < 1.29 is 22.7 Å². The standard InChI is InChI=1S/C24H28FN5O4S/c1-16-11-19(35(27,33)34)13-20(23(16)30-6-2-3-18(31)15-30)24(32)29-9-7-28(8-10-29)22-5-4-17(14-26)12-21(22)25/h4-5,11-13,18,31H,2-3,6-10,15H2,1H3,(H2,27,33,34). The molecule has 0 spiro atoms. The van der Waals surface area contributed by atoms with Gasteiger partial charge in [-0.05, 0) is 55.7 Å². The Kier molecular flexibility index (Phi) is 6.98. The number of aliphatic hydroxyl groups excluding tert-OH is 1. The van der Waals surface area contributed by atoms with Crippen LogP contribution in [-0.4, -0.2) is 69.7 Å². The van der Waals surface area contributed by atoms with Crippen LogP contribution in [0.25, 0.3) is 0 Å². The molecule has 35 heavy (non-hydrogen) atoms. The average molecular weight is 502 g/mol. The first-order chi connectivity index (χ1) is 16.6. The highest BCUT2D eigenvalue weighted by atomic mass is 32.2. The molecule has 0 radical (unpaired) electrons. The summed E-state index contributed by atoms with van der Waals surface area (Å²) in [6.07, 6.45) is 0.886. The van der Waals surface area contributed by atoms with E-state index in [1.807, 2.05) is 15.9 Å². The minimum Gasteiger partial charge on any atom is -0.391 e. The van der Waals surface area contributed by atoms with Gasteiger partial charge in [0.25, 0.3) is 5.91 Å². The van der Waals surface area contributed by atoms with Gasteiger partial charge in [0.05, 0.1) is 39.6 Å². The predicted octanol–water partition coefficient (Wildman–Crippen LogP) is 1.58. The van der Waals surface area contributed by atoms with E-state index in [0.717, 1.165) is 6.42 Å². The molecule has 2 heterocycles. The molecule has 2 aliphatic rings. The third-order valence-electron chi connectivity index (χ3n) is 6.53. The lowest BCUT2D eigenvalue weighted by molar-refractivity contribution is 0.0746. The number of carbonyl (C=O) groups excluding carboxylic acids is 1. The lowest BCUT2D eigenvalue weighted by Gasteiger charge is -2.38. The molecular weight excluding hydrogens is 473 g/mol. The number of benzene rings is 2. The number of amides is 1. The Morgan fingerprint density at radius 3 is 2.46 bits per heavy atom. The summed E-state index contributed by atoms with van der Waals surface area (Å²) < 4.78 is 38.6. The fourth-order valence-corrected chi connectivity index (χ4v) is 5.43. The lowest BCUT2D eigenvalue weighted by Crippen LogP contribution is -2.49. The molecule has 9 nitrogen and oxygen atoms in total. The molecule has 0 aromatic heterocycles. The molecule has 186 valence electrons. The van der Waals surface area contributed by atoms with Crippen LogP contribution >= 0.6 is 0 Å². The summed E-state index contributed by atoms with van der Waals surface area (Å²) in [5.41, 5.74) is 2.02. The second-order valence-corrected chi connectivity index (χ2v) is 10.5. The maximum Gasteiger partial charge on any atom is 0.256 e. The number of piperidine rings is 1. The van der Waals surface area contributed by atoms with E-state index in [4.69, 9.17) is 10.4 Å². The number of halogens is 1. The highest BCUT2D eigenvalue weighted by Crippen LogP contribution is 2.32. The first-order valence-electron chi connectivity index (χ1n) is 11.4. The van der Waals surface area contributed by atoms with E-state index in [0.29, 0.717) is 62.6 Å². The Morgan fingerprint density at radius 1 is 1.14 bits per heavy atom. The number of rotatable bonds is 4. The van der Waals surface area contributed by atoms with Crippen molar-refractivity contribution >= 4 is 27.3 Å². The van der Waals surface area contributed by atoms with Crippen molar-refractivity contribution in [2.24, 2.45) is 5.14 Å². The topological polar surface area (TPSA) is 131 Å². The number of nitrogens with zero attached hydrogens (tertiary/aromatic N) is 4. The zero-order valence-electron chi connectivity index (χ0n) is 19.4. The number of piperazine rings is 1. The number of nitriles is 1. The number of hydrogen-bond acceptors (Lipinski definition) is 7. The SMILES string of the molecule is Cc1cc(S(N)(=O)=O)cc(C(=O)N2CCN(c3ccc(C#N)cc3F)CC2)c1N1CCCC(O)C1. The normalized spacial score (nSPS) is 18.9. The Balaban J connectivity index is 1.61. The fourth-order valence-electron chi connectivity index (χ4n) is 4.81. The molecule has 1 unspecified atom stereocenters. The summed E-state index contributed by atoms with van der Waals surface area (Å²) in [6.45, 7) is 4.08. The smallest absolute Gasteiger partial charge is 0.256 e. The number of anilines is 2. The van der Waals surface area contributed by atoms with Crippen LogP contribution in [0.4, 0.5) is 15.8 Å². The van der Waals surface area contributed by atoms with Gasteiger partial charge in [0.15, 0.2) is 0 Å². The summed E-state index contributed by atoms with van der Waals surface area (Å²) in [6, 6.07) is 8.98. The molecule has 2 aromatic carbocycles. The summed E-state index contributed by atoms with van der Waals surface area (Å²) in [4.78, 5) is 18.9. The maximum atomic E-state index is 14.5. The number of hydrogen-bond donors (Lipinski definition) is 2. The zero-order chi connectivity index (χ0) is 25.3. The first-order valence-corrected chi connectivity index (χ1v) is 13.0. The van der Waals surface area contributed by atoms with Crippen molar-refractivity contribution in [1.29, 1.82) is 5.26 Å². The van der Waals surface area contributed by atoms with Gasteiger partial charge in [0.1, 0.15) is 5.82 Å². The molecule has 1 atom stereocenters. The summed E-state index contributed by atoms with van der Waals surface area (Å²) >= 11 is 0. The van der Waals surface area contributed by atoms with Crippen LogP contribution in [-0.2, 0) is 10.0 Å². The molecule has 2 saturated heterocycles. The van der Waals surface area contributed by atoms with E-state index < -0.39 is 21.9 Å². The van der Waals surface area contributed by atoms with Crippen molar-refractivity contribution in [1.82, 2.24) is 4.90 Å². The largest absolute Gasteiger partial charge is 0.391 e. The molecule has 0 saturated carbocycles. The van der Waals surface area contributed by atoms with Gasteiger partial charge < -0.3 is 19.8 Å². The fraction of sp³-hybridized carbons (Fsp3) is 0.417. The van der Waals surface area contributed by atoms with Gasteiger partial charge >= 0.3 is 0 Å². The minimum absolute atomic E-state index is 0.141. The van der Waals surface area contributed by atoms with Crippen LogP contribution in [0.3, 0.4) is 0 Å². The van der Waals surface area contributed by atoms with Gasteiger partial charge in [0.2, 0.25) is 10.0 Å². The van der Waals surface area contributed by atoms with Crippen LogP contribution in [0.5, 0.6) is 0 Å². The van der Waals surface area contributed by atoms with Crippen LogP contribution < -0.4 is 14.9 Å². The molecule has 0 bridgehead atoms. The summed E-state index contributed by atoms with van der Waals surface area (Å²) in [5.74, 6) is -0.833. The van der Waals surface area contributed by atoms with Crippen molar-refractivity contribution in [3.63, 3.8) is 0 Å². The third kappa shape index (κ3) is 5.24. The van der Waals surface area contributed by atoms with E-state index in [1.54, 1.807) is 24.0 Å². The highest BCUT2D eigenvalue weighted by molar-refractivity contribution is 7.89. The molecule has 1 amide bonds. The van der Waals surface area contributed by atoms with E-state index in [1.165, 1.54) is 18.2 Å². The number of aliphatic hydroxyl groups is 1. The lowest BCUT2D eigenvalue weighted by atomic mass is 10.0. The third-order valence-corrected chi connectivity index (χ3v) is 7.42. The Morgan fingerprint density at radius 2 is 1.86 bits per heavy atom. The van der Waals surface area contributed by atoms with E-state index >= 15 is 0 Å². The summed E-state index contributed by atoms with van der Waals surface area (Å²) in [7, 11) is -4.04. The van der Waals surface area contributed by atoms with Crippen LogP contribution in [0.2, 0.25) is 0 Å². The molecule has 2 aromatic rings. The zero-order valence-corrected chi connectivity index (χ0v) is 20.3. The average Bonchev–Trinajstić information content (AvgIpc) is 2.82. The van der Waals surface area contributed by atoms with E-state index in [2.05, 4.69) is 0 Å². The molecule has 4 rings (SSSR count). The van der Waals surface area contributed by atoms with E-state index in [9.17, 15) is 22.7 Å². The molecule has 2 aliphatic heterocycles. The van der Waals surface area contributed by atoms with E-state index in [-0.39, 0.29) is 21.9 Å². The van der Waals surface area contributed by atoms with Crippen molar-refractivity contribution in [3.8, 4) is 6.07 Å². The van der Waals surface area contributed by atoms with Crippen LogP contribution in [0.15, 0.2) is 35.2 Å². The summed E-state index contributed by atoms with van der Waals surface area (Å²) in [5, 5.41) is 24.5. The first kappa shape index (κ1) is 24.9. The second-order valence-electron chi connectivity index (χ2n) is 8.98. The van der Waals surface area contributed by atoms with Gasteiger partial charge in [-0.3, -0.25) is 4.79 Å². The minimum atomic E-state index is -4.04. The number of primary sulfonamides is 1. The van der Waals surface area contributed by atoms with Gasteiger partial charge in [-0.25, -0.2) is 17.9 Å². The second kappa shape index (κ2) is 9.81. The van der Waals surface area contributed by atoms with Crippen molar-refractivity contribution in [3.05, 3.63) is 52.8 Å². The maximum absolute atomic E-state index is 14.5. The predicted molar refractivity (Wildman–Crippen MR) is 129 cm³/mol. The molecule has 3 N–H and O–H groups in total. The molecule has 2 fully saturated rings. The number of aryl methyl sites for hydroxylation is 1. The molecule has 11 heteroatoms. The molecule has 0 aliphatic carbocycles. The Hall–Kier alpha value is -3.20. The Labute approximate surface area is 204 Å². The number of sulfonamides is 1. The quantitative estimate of drug-likeness (QED) is 0.650. The van der Waals surface area contributed by atoms with Gasteiger partial charge in [-0.2, -0.15) is 5.26 Å². The van der Waals surface area contributed by atoms with Gasteiger partial charge in [-0.1, -0.05) is 0 Å². The van der Waals surface area contributed by atoms with Gasteiger partial charge in [0, 0.05) is 39.3 Å². The monoisotopic (exact) mass is 501 g/mol. The number of β-amino-alcohol motifs (C(OH)–C–C–N with tert-alkyl or cyclic N) is 1. The van der Waals surface area contributed by atoms with Crippen LogP contribution in [0, 0.1) is 24.1 Å². The van der Waals surface area contributed by atoms with Crippen LogP contribution in [0.1, 0.15) is 34.3 Å². The van der Waals surface area contributed by atoms with Crippen molar-refractivity contribution in [2.45, 2.75) is 30.8 Å². The highest BCUT2D eigenvalue weighted by Gasteiger charge is 2.30. The van der Waals surface area contributed by atoms with Crippen molar-refractivity contribution in [2.75, 3.05) is 49.1 Å². The number of carbonyl (C=O) groups is 1. The number of nitrogens with two attached hydrogens (primary N) is 1. The Bertz CT molecular complexity index is 1290. The molecular formula is C24H28FN5O4S.